The molecular formula is C9H11N. The Morgan fingerprint density at radius 3 is 2.80 bits per heavy atom. The zero-order chi connectivity index (χ0) is 7.56. The highest BCUT2D eigenvalue weighted by molar-refractivity contribution is 5.60. The van der Waals surface area contributed by atoms with Crippen LogP contribution in [0.4, 0.5) is 0 Å². The Labute approximate surface area is 61.3 Å². The van der Waals surface area contributed by atoms with E-state index < -0.39 is 0 Å². The van der Waals surface area contributed by atoms with Crippen molar-refractivity contribution in [2.45, 2.75) is 6.92 Å². The minimum atomic E-state index is 1.06. The molecule has 1 aromatic heterocycles. The number of aromatic nitrogens is 1. The quantitative estimate of drug-likeness (QED) is 0.584. The van der Waals surface area contributed by atoms with E-state index in [1.807, 2.05) is 29.8 Å². The highest BCUT2D eigenvalue weighted by Gasteiger charge is 1.95. The Bertz CT molecular complexity index is 255. The summed E-state index contributed by atoms with van der Waals surface area (Å²) in [6.45, 7) is 9.49. The van der Waals surface area contributed by atoms with E-state index in [-0.39, 0.29) is 0 Å². The van der Waals surface area contributed by atoms with Crippen molar-refractivity contribution in [2.24, 2.45) is 0 Å². The van der Waals surface area contributed by atoms with Crippen molar-refractivity contribution in [3.8, 4) is 0 Å². The van der Waals surface area contributed by atoms with E-state index in [1.54, 1.807) is 6.20 Å². The molecule has 0 aliphatic heterocycles. The first kappa shape index (κ1) is 6.87. The molecule has 0 aliphatic rings. The van der Waals surface area contributed by atoms with E-state index in [0.29, 0.717) is 0 Å². The van der Waals surface area contributed by atoms with E-state index in [9.17, 15) is 0 Å². The molecule has 0 aliphatic carbocycles. The Kier molecular flexibility index (Phi) is 1.76. The third-order valence-electron chi connectivity index (χ3n) is 1.41. The first-order valence-electron chi connectivity index (χ1n) is 3.21. The van der Waals surface area contributed by atoms with E-state index in [1.165, 1.54) is 0 Å². The van der Waals surface area contributed by atoms with Crippen LogP contribution in [-0.2, 0) is 0 Å². The minimum absolute atomic E-state index is 1.06. The highest BCUT2D eigenvalue weighted by Crippen LogP contribution is 2.11. The van der Waals surface area contributed by atoms with Crippen molar-refractivity contribution in [1.29, 1.82) is 0 Å². The Hall–Kier alpha value is -1.24. The minimum Gasteiger partial charge on any atom is -0.324 e. The molecule has 0 saturated heterocycles. The van der Waals surface area contributed by atoms with Gasteiger partial charge >= 0.3 is 0 Å². The van der Waals surface area contributed by atoms with Crippen LogP contribution in [0.15, 0.2) is 31.5 Å². The maximum atomic E-state index is 3.84. The molecular weight excluding hydrogens is 122 g/mol. The largest absolute Gasteiger partial charge is 0.324 e. The normalized spacial score (nSPS) is 9.30. The summed E-state index contributed by atoms with van der Waals surface area (Å²) >= 11 is 0. The molecule has 0 bridgehead atoms. The molecule has 1 heterocycles. The summed E-state index contributed by atoms with van der Waals surface area (Å²) in [5, 5.41) is 0. The summed E-state index contributed by atoms with van der Waals surface area (Å²) in [7, 11) is 0. The molecule has 0 fully saturated rings. The monoisotopic (exact) mass is 133 g/mol. The molecule has 0 amide bonds. The van der Waals surface area contributed by atoms with Gasteiger partial charge in [-0.2, -0.15) is 0 Å². The van der Waals surface area contributed by atoms with Crippen LogP contribution in [0.1, 0.15) is 12.6 Å². The van der Waals surface area contributed by atoms with E-state index in [2.05, 4.69) is 13.2 Å². The van der Waals surface area contributed by atoms with Crippen molar-refractivity contribution in [1.82, 2.24) is 4.57 Å². The van der Waals surface area contributed by atoms with Crippen molar-refractivity contribution in [3.63, 3.8) is 0 Å². The van der Waals surface area contributed by atoms with Crippen molar-refractivity contribution in [2.75, 3.05) is 0 Å². The Morgan fingerprint density at radius 2 is 2.40 bits per heavy atom. The number of allylic oxidation sites excluding steroid dienone is 1. The maximum Gasteiger partial charge on any atom is 0.0472 e. The number of hydrogen-bond acceptors (Lipinski definition) is 0. The predicted molar refractivity (Wildman–Crippen MR) is 45.5 cm³/mol. The van der Waals surface area contributed by atoms with Gasteiger partial charge in [-0.05, 0) is 24.6 Å². The smallest absolute Gasteiger partial charge is 0.0472 e. The summed E-state index contributed by atoms with van der Waals surface area (Å²) in [5.41, 5.74) is 2.18. The molecule has 52 valence electrons. The van der Waals surface area contributed by atoms with Crippen molar-refractivity contribution < 1.29 is 0 Å². The van der Waals surface area contributed by atoms with Gasteiger partial charge in [-0.25, -0.2) is 0 Å². The highest BCUT2D eigenvalue weighted by atomic mass is 14.9. The number of nitrogens with zero attached hydrogens (tertiary/aromatic N) is 1. The topological polar surface area (TPSA) is 4.93 Å². The van der Waals surface area contributed by atoms with Gasteiger partial charge in [-0.15, -0.1) is 0 Å². The summed E-state index contributed by atoms with van der Waals surface area (Å²) in [5.74, 6) is 0. The molecule has 0 saturated carbocycles. The summed E-state index contributed by atoms with van der Waals surface area (Å²) in [6, 6.07) is 4.00. The zero-order valence-electron chi connectivity index (χ0n) is 6.17. The lowest BCUT2D eigenvalue weighted by molar-refractivity contribution is 1.14. The number of hydrogen-bond donors (Lipinski definition) is 0. The van der Waals surface area contributed by atoms with Gasteiger partial charge in [0.25, 0.3) is 0 Å². The third-order valence-corrected chi connectivity index (χ3v) is 1.41. The van der Waals surface area contributed by atoms with Gasteiger partial charge in [-0.1, -0.05) is 13.2 Å². The van der Waals surface area contributed by atoms with Crippen LogP contribution in [0.25, 0.3) is 11.8 Å². The lowest BCUT2D eigenvalue weighted by Gasteiger charge is -2.00. The number of rotatable bonds is 2. The average molecular weight is 133 g/mol. The summed E-state index contributed by atoms with van der Waals surface area (Å²) < 4.78 is 1.95. The molecule has 1 rings (SSSR count). The molecule has 0 unspecified atom stereocenters. The van der Waals surface area contributed by atoms with Gasteiger partial charge in [0.15, 0.2) is 0 Å². The lowest BCUT2D eigenvalue weighted by atomic mass is 10.2. The van der Waals surface area contributed by atoms with Gasteiger partial charge in [-0.3, -0.25) is 0 Å². The molecule has 1 heteroatoms. The summed E-state index contributed by atoms with van der Waals surface area (Å²) in [6.07, 6.45) is 3.72. The molecule has 0 aromatic carbocycles. The average Bonchev–Trinajstić information content (AvgIpc) is 2.33. The van der Waals surface area contributed by atoms with E-state index in [0.717, 1.165) is 11.3 Å². The predicted octanol–water partition coefficient (Wildman–Crippen LogP) is 2.62. The van der Waals surface area contributed by atoms with Gasteiger partial charge < -0.3 is 4.57 Å². The second-order valence-electron chi connectivity index (χ2n) is 2.26. The first-order chi connectivity index (χ1) is 4.75. The van der Waals surface area contributed by atoms with E-state index >= 15 is 0 Å². The van der Waals surface area contributed by atoms with Crippen LogP contribution < -0.4 is 0 Å². The Balaban J connectivity index is 3.13. The van der Waals surface area contributed by atoms with Crippen molar-refractivity contribution >= 4 is 11.8 Å². The lowest BCUT2D eigenvalue weighted by Crippen LogP contribution is -1.87. The SMILES string of the molecule is C=Cn1cccc1C(=C)C. The molecule has 0 atom stereocenters. The maximum absolute atomic E-state index is 3.84. The Morgan fingerprint density at radius 1 is 1.70 bits per heavy atom. The van der Waals surface area contributed by atoms with Gasteiger partial charge in [0, 0.05) is 18.1 Å². The van der Waals surface area contributed by atoms with Gasteiger partial charge in [0.2, 0.25) is 0 Å². The van der Waals surface area contributed by atoms with Crippen LogP contribution >= 0.6 is 0 Å². The van der Waals surface area contributed by atoms with Crippen LogP contribution in [0.3, 0.4) is 0 Å². The first-order valence-corrected chi connectivity index (χ1v) is 3.21. The van der Waals surface area contributed by atoms with Crippen LogP contribution in [0.2, 0.25) is 0 Å². The second kappa shape index (κ2) is 2.56. The fourth-order valence-electron chi connectivity index (χ4n) is 0.915. The second-order valence-corrected chi connectivity index (χ2v) is 2.26. The molecule has 0 spiro atoms. The third kappa shape index (κ3) is 1.03. The van der Waals surface area contributed by atoms with Gasteiger partial charge in [0.1, 0.15) is 0 Å². The van der Waals surface area contributed by atoms with Crippen LogP contribution in [0.5, 0.6) is 0 Å². The van der Waals surface area contributed by atoms with Crippen LogP contribution in [0, 0.1) is 0 Å². The molecule has 0 N–H and O–H groups in total. The fraction of sp³-hybridized carbons (Fsp3) is 0.111. The van der Waals surface area contributed by atoms with Crippen molar-refractivity contribution in [3.05, 3.63) is 37.2 Å². The van der Waals surface area contributed by atoms with Gasteiger partial charge in [0.05, 0.1) is 0 Å². The fourth-order valence-corrected chi connectivity index (χ4v) is 0.915. The summed E-state index contributed by atoms with van der Waals surface area (Å²) in [4.78, 5) is 0. The van der Waals surface area contributed by atoms with E-state index in [4.69, 9.17) is 0 Å². The zero-order valence-corrected chi connectivity index (χ0v) is 6.17. The standard InChI is InChI=1S/C9H11N/c1-4-10-7-5-6-9(10)8(2)3/h4-7H,1-2H2,3H3. The molecule has 1 nitrogen and oxygen atoms in total. The molecule has 0 radical (unpaired) electrons. The molecule has 10 heavy (non-hydrogen) atoms. The van der Waals surface area contributed by atoms with Crippen LogP contribution in [-0.4, -0.2) is 4.57 Å². The molecule has 1 aromatic rings.